The number of aromatic hydroxyl groups is 1. The van der Waals surface area contributed by atoms with Crippen molar-refractivity contribution in [2.45, 2.75) is 24.7 Å². The lowest BCUT2D eigenvalue weighted by molar-refractivity contribution is 0.481. The van der Waals surface area contributed by atoms with Gasteiger partial charge in [-0.1, -0.05) is 50.2 Å². The van der Waals surface area contributed by atoms with Crippen LogP contribution in [0.1, 0.15) is 25.3 Å². The maximum atomic E-state index is 12.6. The average Bonchev–Trinajstić information content (AvgIpc) is 2.58. The van der Waals surface area contributed by atoms with Crippen molar-refractivity contribution in [2.24, 2.45) is 0 Å². The fourth-order valence-electron chi connectivity index (χ4n) is 2.61. The van der Waals surface area contributed by atoms with Gasteiger partial charge < -0.3 is 5.11 Å². The van der Waals surface area contributed by atoms with E-state index in [0.717, 1.165) is 5.56 Å². The largest absolute Gasteiger partial charge is 0.507 e. The molecule has 0 aliphatic carbocycles. The highest BCUT2D eigenvalue weighted by Crippen LogP contribution is 2.32. The van der Waals surface area contributed by atoms with Crippen molar-refractivity contribution in [1.29, 1.82) is 0 Å². The van der Waals surface area contributed by atoms with Gasteiger partial charge in [-0.05, 0) is 35.7 Å². The lowest BCUT2D eigenvalue weighted by Gasteiger charge is -2.12. The van der Waals surface area contributed by atoms with Crippen LogP contribution in [0.4, 0.5) is 5.69 Å². The summed E-state index contributed by atoms with van der Waals surface area (Å²) in [6.07, 6.45) is 0. The topological polar surface area (TPSA) is 66.4 Å². The first-order valence-electron chi connectivity index (χ1n) is 7.72. The highest BCUT2D eigenvalue weighted by molar-refractivity contribution is 7.92. The first kappa shape index (κ1) is 16.3. The van der Waals surface area contributed by atoms with Crippen molar-refractivity contribution in [3.8, 4) is 5.75 Å². The maximum Gasteiger partial charge on any atom is 0.261 e. The summed E-state index contributed by atoms with van der Waals surface area (Å²) in [6.45, 7) is 4.12. The van der Waals surface area contributed by atoms with Crippen molar-refractivity contribution in [3.63, 3.8) is 0 Å². The van der Waals surface area contributed by atoms with Gasteiger partial charge in [0.2, 0.25) is 0 Å². The third-order valence-corrected chi connectivity index (χ3v) is 5.38. The van der Waals surface area contributed by atoms with Gasteiger partial charge in [0.15, 0.2) is 0 Å². The Bertz CT molecular complexity index is 977. The second kappa shape index (κ2) is 6.17. The summed E-state index contributed by atoms with van der Waals surface area (Å²) in [7, 11) is -3.69. The van der Waals surface area contributed by atoms with Crippen LogP contribution in [0.5, 0.6) is 5.75 Å². The summed E-state index contributed by atoms with van der Waals surface area (Å²) >= 11 is 0. The van der Waals surface area contributed by atoms with E-state index >= 15 is 0 Å². The molecule has 0 aromatic heterocycles. The molecular weight excluding hydrogens is 322 g/mol. The molecular formula is C19H19NO3S. The predicted molar refractivity (Wildman–Crippen MR) is 97.0 cm³/mol. The van der Waals surface area contributed by atoms with Crippen LogP contribution in [0.3, 0.4) is 0 Å². The van der Waals surface area contributed by atoms with Gasteiger partial charge in [0.25, 0.3) is 10.0 Å². The van der Waals surface area contributed by atoms with Crippen molar-refractivity contribution in [3.05, 3.63) is 66.2 Å². The normalized spacial score (nSPS) is 11.8. The van der Waals surface area contributed by atoms with E-state index < -0.39 is 10.0 Å². The van der Waals surface area contributed by atoms with Gasteiger partial charge in [-0.15, -0.1) is 0 Å². The Kier molecular flexibility index (Phi) is 4.20. The Morgan fingerprint density at radius 3 is 2.12 bits per heavy atom. The number of sulfonamides is 1. The van der Waals surface area contributed by atoms with E-state index in [1.807, 2.05) is 12.1 Å². The molecule has 0 saturated carbocycles. The molecule has 0 amide bonds. The van der Waals surface area contributed by atoms with Crippen LogP contribution in [-0.4, -0.2) is 13.5 Å². The molecule has 0 radical (unpaired) electrons. The van der Waals surface area contributed by atoms with Crippen LogP contribution >= 0.6 is 0 Å². The minimum absolute atomic E-state index is 0.120. The standard InChI is InChI=1S/C19H19NO3S/c1-13(2)14-7-9-15(10-8-14)24(22,23)20-18-11-12-19(21)17-6-4-3-5-16(17)18/h3-13,20-21H,1-2H3. The summed E-state index contributed by atoms with van der Waals surface area (Å²) in [5.41, 5.74) is 1.53. The Balaban J connectivity index is 1.99. The van der Waals surface area contributed by atoms with Crippen LogP contribution in [0.2, 0.25) is 0 Å². The SMILES string of the molecule is CC(C)c1ccc(S(=O)(=O)Nc2ccc(O)c3ccccc23)cc1. The zero-order valence-electron chi connectivity index (χ0n) is 13.5. The van der Waals surface area contributed by atoms with Crippen LogP contribution in [0.25, 0.3) is 10.8 Å². The lowest BCUT2D eigenvalue weighted by atomic mass is 10.0. The number of phenolic OH excluding ortho intramolecular Hbond substituents is 1. The highest BCUT2D eigenvalue weighted by Gasteiger charge is 2.16. The van der Waals surface area contributed by atoms with E-state index in [1.54, 1.807) is 42.5 Å². The molecule has 3 aromatic carbocycles. The van der Waals surface area contributed by atoms with E-state index in [4.69, 9.17) is 0 Å². The number of anilines is 1. The summed E-state index contributed by atoms with van der Waals surface area (Å²) in [4.78, 5) is 0.212. The van der Waals surface area contributed by atoms with Crippen molar-refractivity contribution in [2.75, 3.05) is 4.72 Å². The minimum Gasteiger partial charge on any atom is -0.507 e. The van der Waals surface area contributed by atoms with Crippen LogP contribution < -0.4 is 4.72 Å². The Morgan fingerprint density at radius 2 is 1.50 bits per heavy atom. The quantitative estimate of drug-likeness (QED) is 0.688. The van der Waals surface area contributed by atoms with E-state index in [1.165, 1.54) is 6.07 Å². The fraction of sp³-hybridized carbons (Fsp3) is 0.158. The molecule has 3 aromatic rings. The van der Waals surface area contributed by atoms with Gasteiger partial charge in [-0.25, -0.2) is 8.42 Å². The van der Waals surface area contributed by atoms with Crippen LogP contribution in [-0.2, 0) is 10.0 Å². The molecule has 0 bridgehead atoms. The second-order valence-electron chi connectivity index (χ2n) is 6.01. The molecule has 0 aliphatic heterocycles. The Hall–Kier alpha value is -2.53. The molecule has 0 aliphatic rings. The molecule has 2 N–H and O–H groups in total. The third kappa shape index (κ3) is 3.08. The Morgan fingerprint density at radius 1 is 0.875 bits per heavy atom. The molecule has 0 fully saturated rings. The minimum atomic E-state index is -3.69. The average molecular weight is 341 g/mol. The predicted octanol–water partition coefficient (Wildman–Crippen LogP) is 4.47. The number of hydrogen-bond acceptors (Lipinski definition) is 3. The molecule has 0 saturated heterocycles. The first-order chi connectivity index (χ1) is 11.4. The summed E-state index contributed by atoms with van der Waals surface area (Å²) in [5.74, 6) is 0.464. The molecule has 0 atom stereocenters. The monoisotopic (exact) mass is 341 g/mol. The first-order valence-corrected chi connectivity index (χ1v) is 9.20. The van der Waals surface area contributed by atoms with Gasteiger partial charge in [0, 0.05) is 10.8 Å². The molecule has 5 heteroatoms. The van der Waals surface area contributed by atoms with Gasteiger partial charge in [0.1, 0.15) is 5.75 Å². The number of benzene rings is 3. The van der Waals surface area contributed by atoms with Gasteiger partial charge in [0.05, 0.1) is 10.6 Å². The van der Waals surface area contributed by atoms with Gasteiger partial charge in [-0.3, -0.25) is 4.72 Å². The molecule has 3 rings (SSSR count). The number of nitrogens with one attached hydrogen (secondary N) is 1. The fourth-order valence-corrected chi connectivity index (χ4v) is 3.69. The van der Waals surface area contributed by atoms with Crippen LogP contribution in [0.15, 0.2) is 65.6 Å². The van der Waals surface area contributed by atoms with E-state index in [0.29, 0.717) is 22.4 Å². The van der Waals surface area contributed by atoms with E-state index in [2.05, 4.69) is 18.6 Å². The molecule has 124 valence electrons. The van der Waals surface area contributed by atoms with Crippen molar-refractivity contribution < 1.29 is 13.5 Å². The lowest BCUT2D eigenvalue weighted by Crippen LogP contribution is -2.13. The molecule has 24 heavy (non-hydrogen) atoms. The van der Waals surface area contributed by atoms with E-state index in [-0.39, 0.29) is 10.6 Å². The summed E-state index contributed by atoms with van der Waals surface area (Å²) in [6, 6.07) is 17.1. The molecule has 0 spiro atoms. The zero-order chi connectivity index (χ0) is 17.3. The second-order valence-corrected chi connectivity index (χ2v) is 7.69. The molecule has 0 heterocycles. The number of rotatable bonds is 4. The van der Waals surface area contributed by atoms with Gasteiger partial charge in [-0.2, -0.15) is 0 Å². The summed E-state index contributed by atoms with van der Waals surface area (Å²) < 4.78 is 27.9. The zero-order valence-corrected chi connectivity index (χ0v) is 14.3. The third-order valence-electron chi connectivity index (χ3n) is 4.00. The molecule has 4 nitrogen and oxygen atoms in total. The number of fused-ring (bicyclic) bond motifs is 1. The van der Waals surface area contributed by atoms with E-state index in [9.17, 15) is 13.5 Å². The summed E-state index contributed by atoms with van der Waals surface area (Å²) in [5, 5.41) is 11.2. The van der Waals surface area contributed by atoms with Crippen molar-refractivity contribution >= 4 is 26.5 Å². The highest BCUT2D eigenvalue weighted by atomic mass is 32.2. The van der Waals surface area contributed by atoms with Crippen molar-refractivity contribution in [1.82, 2.24) is 0 Å². The van der Waals surface area contributed by atoms with Crippen LogP contribution in [0, 0.1) is 0 Å². The van der Waals surface area contributed by atoms with Gasteiger partial charge >= 0.3 is 0 Å². The molecule has 0 unspecified atom stereocenters. The number of phenols is 1. The maximum absolute atomic E-state index is 12.6. The number of hydrogen-bond donors (Lipinski definition) is 2. The Labute approximate surface area is 141 Å². The smallest absolute Gasteiger partial charge is 0.261 e.